The van der Waals surface area contributed by atoms with E-state index in [2.05, 4.69) is 9.50 Å². The Hall–Kier alpha value is -0.130. The van der Waals surface area contributed by atoms with E-state index < -0.39 is 10.1 Å². The Morgan fingerprint density at radius 1 is 1.64 bits per heavy atom. The standard InChI is InChI=1S/C6H13NO3S/c1-11(8,9)10-5-6-2-3-7-4-6/h6-7H,2-5H2,1H3/t6-/m0/s1. The number of rotatable bonds is 3. The van der Waals surface area contributed by atoms with Crippen LogP contribution < -0.4 is 5.32 Å². The lowest BCUT2D eigenvalue weighted by molar-refractivity contribution is 0.267. The van der Waals surface area contributed by atoms with Gasteiger partial charge in [-0.2, -0.15) is 8.42 Å². The first-order valence-corrected chi connectivity index (χ1v) is 5.45. The molecule has 0 aromatic heterocycles. The second kappa shape index (κ2) is 3.51. The molecule has 0 radical (unpaired) electrons. The summed E-state index contributed by atoms with van der Waals surface area (Å²) in [6, 6.07) is 0. The minimum Gasteiger partial charge on any atom is -0.316 e. The van der Waals surface area contributed by atoms with Crippen LogP contribution in [-0.4, -0.2) is 34.4 Å². The summed E-state index contributed by atoms with van der Waals surface area (Å²) < 4.78 is 25.7. The summed E-state index contributed by atoms with van der Waals surface area (Å²) in [5.74, 6) is 0.365. The van der Waals surface area contributed by atoms with Gasteiger partial charge in [0.1, 0.15) is 0 Å². The number of hydrogen-bond acceptors (Lipinski definition) is 4. The van der Waals surface area contributed by atoms with Crippen LogP contribution in [0.2, 0.25) is 0 Å². The Morgan fingerprint density at radius 2 is 2.36 bits per heavy atom. The molecule has 1 aliphatic heterocycles. The molecular weight excluding hydrogens is 166 g/mol. The fraction of sp³-hybridized carbons (Fsp3) is 1.00. The molecule has 0 unspecified atom stereocenters. The van der Waals surface area contributed by atoms with Gasteiger partial charge >= 0.3 is 0 Å². The van der Waals surface area contributed by atoms with Gasteiger partial charge in [-0.05, 0) is 18.9 Å². The van der Waals surface area contributed by atoms with E-state index in [0.29, 0.717) is 12.5 Å². The fourth-order valence-electron chi connectivity index (χ4n) is 1.08. The summed E-state index contributed by atoms with van der Waals surface area (Å²) in [6.07, 6.45) is 2.09. The predicted molar refractivity (Wildman–Crippen MR) is 41.8 cm³/mol. The summed E-state index contributed by atoms with van der Waals surface area (Å²) in [6.45, 7) is 2.17. The lowest BCUT2D eigenvalue weighted by atomic mass is 10.1. The Balaban J connectivity index is 2.22. The quantitative estimate of drug-likeness (QED) is 0.597. The molecule has 11 heavy (non-hydrogen) atoms. The summed E-state index contributed by atoms with van der Waals surface area (Å²) in [5, 5.41) is 3.13. The summed E-state index contributed by atoms with van der Waals surface area (Å²) in [7, 11) is -3.24. The third-order valence-electron chi connectivity index (χ3n) is 1.68. The molecule has 0 aliphatic carbocycles. The number of hydrogen-bond donors (Lipinski definition) is 1. The molecule has 66 valence electrons. The first-order valence-electron chi connectivity index (χ1n) is 3.63. The van der Waals surface area contributed by atoms with Crippen molar-refractivity contribution in [3.05, 3.63) is 0 Å². The molecule has 0 bridgehead atoms. The first kappa shape index (κ1) is 8.96. The Morgan fingerprint density at radius 3 is 2.82 bits per heavy atom. The van der Waals surface area contributed by atoms with E-state index in [1.807, 2.05) is 0 Å². The zero-order valence-corrected chi connectivity index (χ0v) is 7.36. The van der Waals surface area contributed by atoms with Gasteiger partial charge in [0.2, 0.25) is 0 Å². The maximum absolute atomic E-state index is 10.5. The Kier molecular flexibility index (Phi) is 2.86. The van der Waals surface area contributed by atoms with Gasteiger partial charge < -0.3 is 5.32 Å². The van der Waals surface area contributed by atoms with E-state index in [1.165, 1.54) is 0 Å². The van der Waals surface area contributed by atoms with E-state index in [1.54, 1.807) is 0 Å². The van der Waals surface area contributed by atoms with Gasteiger partial charge in [0.05, 0.1) is 12.9 Å². The molecule has 0 saturated carbocycles. The average molecular weight is 179 g/mol. The van der Waals surface area contributed by atoms with Crippen LogP contribution in [0.1, 0.15) is 6.42 Å². The molecule has 0 amide bonds. The molecule has 1 atom stereocenters. The lowest BCUT2D eigenvalue weighted by Crippen LogP contribution is -2.16. The highest BCUT2D eigenvalue weighted by molar-refractivity contribution is 7.85. The highest BCUT2D eigenvalue weighted by Gasteiger charge is 2.16. The minimum absolute atomic E-state index is 0.325. The van der Waals surface area contributed by atoms with Crippen LogP contribution >= 0.6 is 0 Å². The summed E-state index contributed by atoms with van der Waals surface area (Å²) in [4.78, 5) is 0. The monoisotopic (exact) mass is 179 g/mol. The van der Waals surface area contributed by atoms with Crippen molar-refractivity contribution in [3.63, 3.8) is 0 Å². The molecule has 1 saturated heterocycles. The van der Waals surface area contributed by atoms with Crippen molar-refractivity contribution in [3.8, 4) is 0 Å². The van der Waals surface area contributed by atoms with Crippen LogP contribution in [0.15, 0.2) is 0 Å². The molecule has 1 N–H and O–H groups in total. The first-order chi connectivity index (χ1) is 5.08. The second-order valence-electron chi connectivity index (χ2n) is 2.85. The second-order valence-corrected chi connectivity index (χ2v) is 4.49. The zero-order valence-electron chi connectivity index (χ0n) is 6.54. The van der Waals surface area contributed by atoms with Crippen molar-refractivity contribution < 1.29 is 12.6 Å². The molecule has 1 fully saturated rings. The third kappa shape index (κ3) is 3.69. The van der Waals surface area contributed by atoms with E-state index in [0.717, 1.165) is 25.8 Å². The van der Waals surface area contributed by atoms with E-state index in [4.69, 9.17) is 0 Å². The Bertz CT molecular complexity index is 206. The van der Waals surface area contributed by atoms with Crippen molar-refractivity contribution in [1.29, 1.82) is 0 Å². The maximum Gasteiger partial charge on any atom is 0.264 e. The molecule has 1 aliphatic rings. The van der Waals surface area contributed by atoms with Crippen molar-refractivity contribution in [2.75, 3.05) is 26.0 Å². The highest BCUT2D eigenvalue weighted by Crippen LogP contribution is 2.08. The van der Waals surface area contributed by atoms with Crippen LogP contribution in [0.5, 0.6) is 0 Å². The molecule has 1 rings (SSSR count). The van der Waals surface area contributed by atoms with E-state index in [9.17, 15) is 8.42 Å². The molecule has 4 nitrogen and oxygen atoms in total. The van der Waals surface area contributed by atoms with Gasteiger partial charge in [-0.1, -0.05) is 0 Å². The SMILES string of the molecule is CS(=O)(=O)OC[C@H]1CCNC1. The minimum atomic E-state index is -3.24. The maximum atomic E-state index is 10.5. The molecule has 5 heteroatoms. The largest absolute Gasteiger partial charge is 0.316 e. The van der Waals surface area contributed by atoms with Crippen molar-refractivity contribution in [2.24, 2.45) is 5.92 Å². The van der Waals surface area contributed by atoms with Gasteiger partial charge in [-0.15, -0.1) is 0 Å². The summed E-state index contributed by atoms with van der Waals surface area (Å²) >= 11 is 0. The average Bonchev–Trinajstić information content (AvgIpc) is 2.32. The van der Waals surface area contributed by atoms with Crippen LogP contribution in [-0.2, 0) is 14.3 Å². The van der Waals surface area contributed by atoms with Crippen molar-refractivity contribution >= 4 is 10.1 Å². The van der Waals surface area contributed by atoms with Crippen LogP contribution in [0.3, 0.4) is 0 Å². The topological polar surface area (TPSA) is 55.4 Å². The van der Waals surface area contributed by atoms with Crippen LogP contribution in [0.25, 0.3) is 0 Å². The fourth-order valence-corrected chi connectivity index (χ4v) is 1.52. The summed E-state index contributed by atoms with van der Waals surface area (Å²) in [5.41, 5.74) is 0. The molecular formula is C6H13NO3S. The normalized spacial score (nSPS) is 25.7. The van der Waals surface area contributed by atoms with Crippen molar-refractivity contribution in [2.45, 2.75) is 6.42 Å². The Labute approximate surface area is 67.1 Å². The molecule has 0 aromatic carbocycles. The van der Waals surface area contributed by atoms with E-state index >= 15 is 0 Å². The van der Waals surface area contributed by atoms with Gasteiger partial charge in [-0.3, -0.25) is 4.18 Å². The predicted octanol–water partition coefficient (Wildman–Crippen LogP) is -0.428. The lowest BCUT2D eigenvalue weighted by Gasteiger charge is -2.06. The zero-order chi connectivity index (χ0) is 8.32. The highest BCUT2D eigenvalue weighted by atomic mass is 32.2. The third-order valence-corrected chi connectivity index (χ3v) is 2.24. The van der Waals surface area contributed by atoms with Gasteiger partial charge in [0.25, 0.3) is 10.1 Å². The molecule has 0 spiro atoms. The van der Waals surface area contributed by atoms with Gasteiger partial charge in [-0.25, -0.2) is 0 Å². The smallest absolute Gasteiger partial charge is 0.264 e. The van der Waals surface area contributed by atoms with Gasteiger partial charge in [0.15, 0.2) is 0 Å². The molecule has 1 heterocycles. The van der Waals surface area contributed by atoms with E-state index in [-0.39, 0.29) is 0 Å². The van der Waals surface area contributed by atoms with Crippen LogP contribution in [0.4, 0.5) is 0 Å². The molecule has 0 aromatic rings. The van der Waals surface area contributed by atoms with Crippen molar-refractivity contribution in [1.82, 2.24) is 5.32 Å². The number of nitrogens with one attached hydrogen (secondary N) is 1. The van der Waals surface area contributed by atoms with Crippen LogP contribution in [0, 0.1) is 5.92 Å². The van der Waals surface area contributed by atoms with Gasteiger partial charge in [0, 0.05) is 6.54 Å².